The Balaban J connectivity index is 1.12. The Morgan fingerprint density at radius 2 is 1.65 bits per heavy atom. The number of aromatic nitrogens is 7. The quantitative estimate of drug-likeness (QED) is 0.156. The maximum atomic E-state index is 15.9. The molecular weight excluding hydrogens is 633 g/mol. The second kappa shape index (κ2) is 13.4. The van der Waals surface area contributed by atoms with Crippen LogP contribution >= 0.6 is 0 Å². The number of hydrogen-bond donors (Lipinski definition) is 1. The summed E-state index contributed by atoms with van der Waals surface area (Å²) in [5, 5.41) is 25.6. The van der Waals surface area contributed by atoms with Gasteiger partial charge < -0.3 is 9.84 Å². The van der Waals surface area contributed by atoms with Gasteiger partial charge in [0.15, 0.2) is 5.60 Å². The molecule has 0 saturated heterocycles. The highest BCUT2D eigenvalue weighted by atomic mass is 19.3. The normalized spacial score (nSPS) is 12.6. The van der Waals surface area contributed by atoms with Crippen LogP contribution in [0.25, 0.3) is 0 Å². The lowest BCUT2D eigenvalue weighted by molar-refractivity contribution is -0.207. The van der Waals surface area contributed by atoms with E-state index in [4.69, 9.17) is 4.74 Å². The van der Waals surface area contributed by atoms with Crippen LogP contribution in [0.1, 0.15) is 33.5 Å². The fourth-order valence-corrected chi connectivity index (χ4v) is 4.85. The summed E-state index contributed by atoms with van der Waals surface area (Å²) in [6.45, 7) is -0.500. The van der Waals surface area contributed by atoms with E-state index in [2.05, 4.69) is 37.4 Å². The molecule has 0 saturated carbocycles. The zero-order valence-corrected chi connectivity index (χ0v) is 24.8. The summed E-state index contributed by atoms with van der Waals surface area (Å²) in [4.78, 5) is 3.81. The number of pyridine rings is 1. The van der Waals surface area contributed by atoms with Crippen LogP contribution < -0.4 is 4.74 Å². The van der Waals surface area contributed by atoms with Crippen molar-refractivity contribution in [2.45, 2.75) is 31.2 Å². The van der Waals surface area contributed by atoms with Crippen LogP contribution in [0.2, 0.25) is 0 Å². The number of aliphatic hydroxyl groups is 1. The molecule has 0 aliphatic rings. The Bertz CT molecular complexity index is 2060. The molecule has 242 valence electrons. The zero-order valence-electron chi connectivity index (χ0n) is 24.8. The first-order chi connectivity index (χ1) is 23.1. The molecule has 6 rings (SSSR count). The largest absolute Gasteiger partial charge is 0.489 e. The van der Waals surface area contributed by atoms with Gasteiger partial charge in [0.1, 0.15) is 41.8 Å². The number of hydrogen-bond acceptors (Lipinski definition) is 7. The van der Waals surface area contributed by atoms with Crippen molar-refractivity contribution in [3.63, 3.8) is 0 Å². The van der Waals surface area contributed by atoms with Crippen LogP contribution in [-0.2, 0) is 31.2 Å². The summed E-state index contributed by atoms with van der Waals surface area (Å²) < 4.78 is 82.9. The molecular formula is C34H24F5N7O2. The molecule has 1 atom stereocenters. The summed E-state index contributed by atoms with van der Waals surface area (Å²) in [6.07, 6.45) is 5.44. The van der Waals surface area contributed by atoms with Gasteiger partial charge in [-0.15, -0.1) is 5.10 Å². The van der Waals surface area contributed by atoms with Crippen molar-refractivity contribution in [3.8, 4) is 17.6 Å². The lowest BCUT2D eigenvalue weighted by Gasteiger charge is -2.35. The van der Waals surface area contributed by atoms with E-state index in [1.165, 1.54) is 12.1 Å². The minimum Gasteiger partial charge on any atom is -0.489 e. The van der Waals surface area contributed by atoms with Crippen molar-refractivity contribution >= 4 is 0 Å². The van der Waals surface area contributed by atoms with Gasteiger partial charge in [-0.2, -0.15) is 13.9 Å². The maximum Gasteiger partial charge on any atom is 0.323 e. The molecule has 0 fully saturated rings. The van der Waals surface area contributed by atoms with Gasteiger partial charge in [-0.1, -0.05) is 24.0 Å². The summed E-state index contributed by atoms with van der Waals surface area (Å²) >= 11 is 0. The smallest absolute Gasteiger partial charge is 0.323 e. The van der Waals surface area contributed by atoms with Crippen LogP contribution in [-0.4, -0.2) is 40.1 Å². The number of tetrazole rings is 1. The molecule has 0 radical (unpaired) electrons. The number of rotatable bonds is 10. The molecule has 0 bridgehead atoms. The van der Waals surface area contributed by atoms with Gasteiger partial charge in [-0.3, -0.25) is 9.67 Å². The van der Waals surface area contributed by atoms with Crippen LogP contribution in [0.5, 0.6) is 5.75 Å². The summed E-state index contributed by atoms with van der Waals surface area (Å²) in [5.41, 5.74) is -2.97. The monoisotopic (exact) mass is 657 g/mol. The minimum atomic E-state index is -4.19. The van der Waals surface area contributed by atoms with E-state index in [9.17, 15) is 18.3 Å². The third-order valence-corrected chi connectivity index (χ3v) is 7.38. The van der Waals surface area contributed by atoms with Gasteiger partial charge in [-0.05, 0) is 76.7 Å². The number of benzene rings is 3. The highest BCUT2D eigenvalue weighted by Gasteiger charge is 2.58. The Labute approximate surface area is 270 Å². The van der Waals surface area contributed by atoms with Crippen LogP contribution in [0, 0.1) is 29.3 Å². The second-order valence-corrected chi connectivity index (χ2v) is 10.7. The number of halogens is 5. The highest BCUT2D eigenvalue weighted by Crippen LogP contribution is 2.46. The second-order valence-electron chi connectivity index (χ2n) is 10.7. The summed E-state index contributed by atoms with van der Waals surface area (Å²) in [5.74, 6) is -0.675. The standard InChI is InChI=1S/C34H24F5N7O2/c35-27-9-12-29(31(37)17-27)33(47,21-46-22-41-43-44-46)34(38,39)32-13-7-24(18-40-32)3-2-23-5-10-28(11-6-23)48-20-25-4-8-26(30(36)16-25)19-45-15-1-14-42-45/h1,4-18,22,47H,19-21H2. The molecule has 48 heavy (non-hydrogen) atoms. The van der Waals surface area contributed by atoms with Gasteiger partial charge in [-0.25, -0.2) is 17.9 Å². The van der Waals surface area contributed by atoms with Crippen LogP contribution in [0.4, 0.5) is 22.0 Å². The fourth-order valence-electron chi connectivity index (χ4n) is 4.85. The van der Waals surface area contributed by atoms with Crippen molar-refractivity contribution in [1.82, 2.24) is 35.0 Å². The number of ether oxygens (including phenoxy) is 1. The average molecular weight is 658 g/mol. The molecule has 3 heterocycles. The van der Waals surface area contributed by atoms with E-state index in [0.717, 1.165) is 35.4 Å². The predicted molar refractivity (Wildman–Crippen MR) is 161 cm³/mol. The first kappa shape index (κ1) is 32.0. The van der Waals surface area contributed by atoms with E-state index in [1.54, 1.807) is 59.5 Å². The molecule has 0 amide bonds. The third-order valence-electron chi connectivity index (χ3n) is 7.38. The Hall–Kier alpha value is -5.94. The molecule has 1 unspecified atom stereocenters. The predicted octanol–water partition coefficient (Wildman–Crippen LogP) is 5.39. The van der Waals surface area contributed by atoms with Crippen molar-refractivity contribution < 1.29 is 31.8 Å². The van der Waals surface area contributed by atoms with E-state index in [1.807, 2.05) is 0 Å². The lowest BCUT2D eigenvalue weighted by Crippen LogP contribution is -2.48. The molecule has 9 nitrogen and oxygen atoms in total. The van der Waals surface area contributed by atoms with E-state index < -0.39 is 41.0 Å². The Morgan fingerprint density at radius 3 is 2.31 bits per heavy atom. The van der Waals surface area contributed by atoms with Crippen molar-refractivity contribution in [2.75, 3.05) is 0 Å². The van der Waals surface area contributed by atoms with Crippen molar-refractivity contribution in [2.24, 2.45) is 0 Å². The molecule has 3 aromatic carbocycles. The summed E-state index contributed by atoms with van der Waals surface area (Å²) in [7, 11) is 0. The van der Waals surface area contributed by atoms with Gasteiger partial charge in [0.2, 0.25) is 0 Å². The summed E-state index contributed by atoms with van der Waals surface area (Å²) in [6, 6.07) is 17.6. The molecule has 3 aromatic heterocycles. The first-order valence-corrected chi connectivity index (χ1v) is 14.3. The van der Waals surface area contributed by atoms with E-state index in [0.29, 0.717) is 35.1 Å². The van der Waals surface area contributed by atoms with Crippen molar-refractivity contribution in [1.29, 1.82) is 0 Å². The molecule has 0 aliphatic heterocycles. The van der Waals surface area contributed by atoms with Crippen molar-refractivity contribution in [3.05, 3.63) is 155 Å². The highest BCUT2D eigenvalue weighted by molar-refractivity contribution is 5.44. The first-order valence-electron chi connectivity index (χ1n) is 14.3. The molecule has 0 aliphatic carbocycles. The molecule has 6 aromatic rings. The molecule has 0 spiro atoms. The van der Waals surface area contributed by atoms with Gasteiger partial charge in [0.05, 0.1) is 13.1 Å². The topological polar surface area (TPSA) is 104 Å². The average Bonchev–Trinajstić information content (AvgIpc) is 3.79. The Kier molecular flexibility index (Phi) is 8.95. The number of alkyl halides is 2. The van der Waals surface area contributed by atoms with Crippen LogP contribution in [0.3, 0.4) is 0 Å². The lowest BCUT2D eigenvalue weighted by atomic mass is 9.84. The van der Waals surface area contributed by atoms with Crippen LogP contribution in [0.15, 0.2) is 104 Å². The third kappa shape index (κ3) is 6.91. The number of nitrogens with zero attached hydrogens (tertiary/aromatic N) is 7. The Morgan fingerprint density at radius 1 is 0.854 bits per heavy atom. The van der Waals surface area contributed by atoms with E-state index >= 15 is 8.78 Å². The van der Waals surface area contributed by atoms with Gasteiger partial charge in [0.25, 0.3) is 0 Å². The molecule has 14 heteroatoms. The minimum absolute atomic E-state index is 0.144. The van der Waals surface area contributed by atoms with Gasteiger partial charge in [0, 0.05) is 46.9 Å². The molecule has 1 N–H and O–H groups in total. The van der Waals surface area contributed by atoms with E-state index in [-0.39, 0.29) is 18.0 Å². The maximum absolute atomic E-state index is 15.9. The zero-order chi connectivity index (χ0) is 33.7. The van der Waals surface area contributed by atoms with Gasteiger partial charge >= 0.3 is 5.92 Å². The SMILES string of the molecule is OC(Cn1cnnn1)(c1ccc(F)cc1F)C(F)(F)c1ccc(C#Cc2ccc(OCc3ccc(Cn4cccn4)c(F)c3)cc2)cn1. The fraction of sp³-hybridized carbons (Fsp3) is 0.147.